The highest BCUT2D eigenvalue weighted by molar-refractivity contribution is 5.84. The first-order chi connectivity index (χ1) is 8.01. The van der Waals surface area contributed by atoms with Crippen LogP contribution < -0.4 is 4.74 Å². The molecular formula is C10H9NO6. The molecule has 1 N–H and O–H groups in total. The standard InChI is InChI=1S/C10H9NO6/c1-17-10-7(4-9(13)14)6(5-12)2-3-8(10)11(15)16/h2-3,5H,4H2,1H3,(H,13,14). The highest BCUT2D eigenvalue weighted by Crippen LogP contribution is 2.33. The number of rotatable bonds is 5. The molecule has 0 aromatic heterocycles. The van der Waals surface area contributed by atoms with Crippen LogP contribution in [0.15, 0.2) is 12.1 Å². The van der Waals surface area contributed by atoms with Gasteiger partial charge in [-0.25, -0.2) is 0 Å². The van der Waals surface area contributed by atoms with Gasteiger partial charge in [-0.3, -0.25) is 19.7 Å². The fourth-order valence-electron chi connectivity index (χ4n) is 1.45. The molecule has 1 aromatic rings. The molecule has 17 heavy (non-hydrogen) atoms. The number of aliphatic carboxylic acids is 1. The van der Waals surface area contributed by atoms with E-state index in [4.69, 9.17) is 9.84 Å². The van der Waals surface area contributed by atoms with Gasteiger partial charge in [-0.1, -0.05) is 0 Å². The third-order valence-electron chi connectivity index (χ3n) is 2.13. The van der Waals surface area contributed by atoms with E-state index in [1.54, 1.807) is 0 Å². The van der Waals surface area contributed by atoms with Crippen LogP contribution in [0.1, 0.15) is 15.9 Å². The first kappa shape index (κ1) is 12.6. The lowest BCUT2D eigenvalue weighted by Crippen LogP contribution is -2.07. The topological polar surface area (TPSA) is 107 Å². The van der Waals surface area contributed by atoms with Gasteiger partial charge in [0.1, 0.15) is 6.29 Å². The van der Waals surface area contributed by atoms with Gasteiger partial charge in [0.15, 0.2) is 0 Å². The number of hydrogen-bond acceptors (Lipinski definition) is 5. The second-order valence-corrected chi connectivity index (χ2v) is 3.13. The van der Waals surface area contributed by atoms with Gasteiger partial charge in [0.25, 0.3) is 0 Å². The Kier molecular flexibility index (Phi) is 3.76. The van der Waals surface area contributed by atoms with Crippen molar-refractivity contribution in [3.63, 3.8) is 0 Å². The minimum absolute atomic E-state index is 0.00389. The third-order valence-corrected chi connectivity index (χ3v) is 2.13. The number of carbonyl (C=O) groups excluding carboxylic acids is 1. The van der Waals surface area contributed by atoms with Gasteiger partial charge in [0, 0.05) is 17.2 Å². The fourth-order valence-corrected chi connectivity index (χ4v) is 1.45. The minimum Gasteiger partial charge on any atom is -0.490 e. The van der Waals surface area contributed by atoms with Crippen molar-refractivity contribution in [3.05, 3.63) is 33.4 Å². The number of benzene rings is 1. The van der Waals surface area contributed by atoms with Crippen molar-refractivity contribution in [1.29, 1.82) is 0 Å². The van der Waals surface area contributed by atoms with Crippen LogP contribution in [0.2, 0.25) is 0 Å². The van der Waals surface area contributed by atoms with E-state index in [0.29, 0.717) is 6.29 Å². The van der Waals surface area contributed by atoms with Crippen molar-refractivity contribution < 1.29 is 24.4 Å². The Morgan fingerprint density at radius 3 is 2.65 bits per heavy atom. The van der Waals surface area contributed by atoms with E-state index >= 15 is 0 Å². The molecule has 0 spiro atoms. The van der Waals surface area contributed by atoms with Crippen LogP contribution in [0.25, 0.3) is 0 Å². The SMILES string of the molecule is COc1c([N+](=O)[O-])ccc(C=O)c1CC(=O)O. The molecule has 0 bridgehead atoms. The maximum Gasteiger partial charge on any atom is 0.311 e. The molecule has 0 amide bonds. The molecule has 0 radical (unpaired) electrons. The number of nitrogens with zero attached hydrogens (tertiary/aromatic N) is 1. The molecule has 1 rings (SSSR count). The average Bonchev–Trinajstić information content (AvgIpc) is 2.27. The summed E-state index contributed by atoms with van der Waals surface area (Å²) in [5, 5.41) is 19.4. The molecule has 1 aromatic carbocycles. The van der Waals surface area contributed by atoms with E-state index in [-0.39, 0.29) is 22.6 Å². The van der Waals surface area contributed by atoms with Gasteiger partial charge in [-0.15, -0.1) is 0 Å². The van der Waals surface area contributed by atoms with E-state index in [9.17, 15) is 19.7 Å². The molecule has 0 aliphatic heterocycles. The first-order valence-electron chi connectivity index (χ1n) is 4.52. The number of ether oxygens (including phenoxy) is 1. The summed E-state index contributed by atoms with van der Waals surface area (Å²) in [5.74, 6) is -1.39. The molecule has 0 aliphatic carbocycles. The maximum absolute atomic E-state index is 10.7. The smallest absolute Gasteiger partial charge is 0.311 e. The summed E-state index contributed by atoms with van der Waals surface area (Å²) in [6, 6.07) is 2.31. The molecule has 0 saturated carbocycles. The van der Waals surface area contributed by atoms with Gasteiger partial charge in [-0.05, 0) is 6.07 Å². The molecule has 0 atom stereocenters. The highest BCUT2D eigenvalue weighted by Gasteiger charge is 2.22. The summed E-state index contributed by atoms with van der Waals surface area (Å²) in [6.07, 6.45) is -0.0799. The number of carboxylic acids is 1. The second kappa shape index (κ2) is 5.06. The summed E-state index contributed by atoms with van der Waals surface area (Å²) in [5.41, 5.74) is -0.298. The summed E-state index contributed by atoms with van der Waals surface area (Å²) < 4.78 is 4.82. The van der Waals surface area contributed by atoms with Crippen LogP contribution in [0.5, 0.6) is 5.75 Å². The van der Waals surface area contributed by atoms with Crippen molar-refractivity contribution in [3.8, 4) is 5.75 Å². The number of hydrogen-bond donors (Lipinski definition) is 1. The van der Waals surface area contributed by atoms with Gasteiger partial charge in [-0.2, -0.15) is 0 Å². The van der Waals surface area contributed by atoms with Gasteiger partial charge >= 0.3 is 11.7 Å². The lowest BCUT2D eigenvalue weighted by atomic mass is 10.0. The molecule has 0 saturated heterocycles. The monoisotopic (exact) mass is 239 g/mol. The Bertz CT molecular complexity index is 482. The third kappa shape index (κ3) is 2.57. The van der Waals surface area contributed by atoms with Crippen LogP contribution in [-0.2, 0) is 11.2 Å². The number of carbonyl (C=O) groups is 2. The predicted octanol–water partition coefficient (Wildman–Crippen LogP) is 1.04. The fraction of sp³-hybridized carbons (Fsp3) is 0.200. The molecule has 0 heterocycles. The number of carboxylic acid groups (broad SMARTS) is 1. The van der Waals surface area contributed by atoms with E-state index < -0.39 is 17.3 Å². The molecule has 7 nitrogen and oxygen atoms in total. The zero-order valence-corrected chi connectivity index (χ0v) is 8.87. The molecule has 0 unspecified atom stereocenters. The first-order valence-corrected chi connectivity index (χ1v) is 4.52. The van der Waals surface area contributed by atoms with E-state index in [0.717, 1.165) is 6.07 Å². The van der Waals surface area contributed by atoms with Gasteiger partial charge in [0.05, 0.1) is 18.5 Å². The lowest BCUT2D eigenvalue weighted by molar-refractivity contribution is -0.385. The van der Waals surface area contributed by atoms with Crippen LogP contribution in [0, 0.1) is 10.1 Å². The Labute approximate surface area is 95.8 Å². The van der Waals surface area contributed by atoms with Crippen molar-refractivity contribution in [1.82, 2.24) is 0 Å². The summed E-state index contributed by atoms with van der Waals surface area (Å²) in [4.78, 5) is 31.4. The number of methoxy groups -OCH3 is 1. The molecule has 0 fully saturated rings. The van der Waals surface area contributed by atoms with Crippen LogP contribution in [-0.4, -0.2) is 29.4 Å². The normalized spacial score (nSPS) is 9.71. The summed E-state index contributed by atoms with van der Waals surface area (Å²) in [6.45, 7) is 0. The number of aldehydes is 1. The Morgan fingerprint density at radius 1 is 1.59 bits per heavy atom. The quantitative estimate of drug-likeness (QED) is 0.467. The van der Waals surface area contributed by atoms with E-state index in [1.165, 1.54) is 13.2 Å². The number of nitro benzene ring substituents is 1. The Hall–Kier alpha value is -2.44. The number of nitro groups is 1. The predicted molar refractivity (Wildman–Crippen MR) is 56.4 cm³/mol. The lowest BCUT2D eigenvalue weighted by Gasteiger charge is -2.09. The molecule has 7 heteroatoms. The minimum atomic E-state index is -1.20. The summed E-state index contributed by atoms with van der Waals surface area (Å²) in [7, 11) is 1.18. The Morgan fingerprint density at radius 2 is 2.24 bits per heavy atom. The van der Waals surface area contributed by atoms with Gasteiger partial charge in [0.2, 0.25) is 5.75 Å². The Balaban J connectivity index is 3.47. The average molecular weight is 239 g/mol. The molecule has 0 aliphatic rings. The van der Waals surface area contributed by atoms with Gasteiger partial charge < -0.3 is 9.84 Å². The zero-order valence-electron chi connectivity index (χ0n) is 8.87. The van der Waals surface area contributed by atoms with Crippen molar-refractivity contribution in [2.24, 2.45) is 0 Å². The van der Waals surface area contributed by atoms with Crippen LogP contribution in [0.4, 0.5) is 5.69 Å². The highest BCUT2D eigenvalue weighted by atomic mass is 16.6. The van der Waals surface area contributed by atoms with Crippen molar-refractivity contribution in [2.75, 3.05) is 7.11 Å². The van der Waals surface area contributed by atoms with Crippen molar-refractivity contribution >= 4 is 17.9 Å². The second-order valence-electron chi connectivity index (χ2n) is 3.13. The van der Waals surface area contributed by atoms with Crippen LogP contribution in [0.3, 0.4) is 0 Å². The van der Waals surface area contributed by atoms with Crippen LogP contribution >= 0.6 is 0 Å². The maximum atomic E-state index is 10.7. The van der Waals surface area contributed by atoms with E-state index in [2.05, 4.69) is 0 Å². The summed E-state index contributed by atoms with van der Waals surface area (Å²) >= 11 is 0. The zero-order chi connectivity index (χ0) is 13.0. The van der Waals surface area contributed by atoms with E-state index in [1.807, 2.05) is 0 Å². The molecule has 90 valence electrons. The van der Waals surface area contributed by atoms with Crippen molar-refractivity contribution in [2.45, 2.75) is 6.42 Å². The molecular weight excluding hydrogens is 230 g/mol. The largest absolute Gasteiger partial charge is 0.490 e.